The molecule has 0 amide bonds. The Bertz CT molecular complexity index is 555. The Labute approximate surface area is 110 Å². The van der Waals surface area contributed by atoms with Crippen molar-refractivity contribution in [3.63, 3.8) is 0 Å². The largest absolute Gasteiger partial charge is 0.272 e. The summed E-state index contributed by atoms with van der Waals surface area (Å²) in [6, 6.07) is 15.4. The minimum absolute atomic E-state index is 0.180. The number of hydrogen-bond donors (Lipinski definition) is 0. The van der Waals surface area contributed by atoms with Crippen LogP contribution in [0.4, 0.5) is 5.69 Å². The predicted molar refractivity (Wildman–Crippen MR) is 73.8 cm³/mol. The van der Waals surface area contributed by atoms with Gasteiger partial charge in [0.25, 0.3) is 5.69 Å². The summed E-state index contributed by atoms with van der Waals surface area (Å²) >= 11 is 1.69. The van der Waals surface area contributed by atoms with Crippen molar-refractivity contribution in [2.45, 2.75) is 17.6 Å². The second-order valence-corrected chi connectivity index (χ2v) is 5.03. The lowest BCUT2D eigenvalue weighted by Gasteiger charge is -2.03. The fraction of sp³-hybridized carbons (Fsp3) is 0.143. The molecule has 0 fully saturated rings. The smallest absolute Gasteiger partial charge is 0.258 e. The molecule has 0 atom stereocenters. The van der Waals surface area contributed by atoms with Gasteiger partial charge in [0.2, 0.25) is 0 Å². The SMILES string of the molecule is Cc1cc(SCc2ccccc2)ccc1[N+](=O)[O-]. The summed E-state index contributed by atoms with van der Waals surface area (Å²) < 4.78 is 0. The standard InChI is InChI=1S/C14H13NO2S/c1-11-9-13(7-8-14(11)15(16)17)18-10-12-5-3-2-4-6-12/h2-9H,10H2,1H3. The second-order valence-electron chi connectivity index (χ2n) is 3.98. The molecule has 92 valence electrons. The van der Waals surface area contributed by atoms with E-state index >= 15 is 0 Å². The maximum absolute atomic E-state index is 10.7. The zero-order chi connectivity index (χ0) is 13.0. The first-order valence-corrected chi connectivity index (χ1v) is 6.57. The van der Waals surface area contributed by atoms with E-state index in [2.05, 4.69) is 12.1 Å². The number of rotatable bonds is 4. The van der Waals surface area contributed by atoms with Gasteiger partial charge in [0.05, 0.1) is 4.92 Å². The van der Waals surface area contributed by atoms with Crippen molar-refractivity contribution in [1.82, 2.24) is 0 Å². The van der Waals surface area contributed by atoms with Gasteiger partial charge in [-0.1, -0.05) is 30.3 Å². The molecule has 4 heteroatoms. The molecule has 0 aliphatic rings. The van der Waals surface area contributed by atoms with E-state index < -0.39 is 0 Å². The van der Waals surface area contributed by atoms with E-state index in [4.69, 9.17) is 0 Å². The summed E-state index contributed by atoms with van der Waals surface area (Å²) in [7, 11) is 0. The summed E-state index contributed by atoms with van der Waals surface area (Å²) in [5.74, 6) is 0.873. The van der Waals surface area contributed by atoms with E-state index in [1.807, 2.05) is 24.3 Å². The lowest BCUT2D eigenvalue weighted by molar-refractivity contribution is -0.385. The second kappa shape index (κ2) is 5.69. The molecule has 0 aromatic heterocycles. The van der Waals surface area contributed by atoms with Crippen LogP contribution in [-0.4, -0.2) is 4.92 Å². The van der Waals surface area contributed by atoms with Gasteiger partial charge in [0.1, 0.15) is 0 Å². The molecule has 0 saturated heterocycles. The van der Waals surface area contributed by atoms with Crippen LogP contribution in [0.25, 0.3) is 0 Å². The average molecular weight is 259 g/mol. The fourth-order valence-corrected chi connectivity index (χ4v) is 2.61. The van der Waals surface area contributed by atoms with E-state index in [9.17, 15) is 10.1 Å². The van der Waals surface area contributed by atoms with E-state index in [-0.39, 0.29) is 10.6 Å². The van der Waals surface area contributed by atoms with Crippen molar-refractivity contribution in [2.75, 3.05) is 0 Å². The van der Waals surface area contributed by atoms with Gasteiger partial charge >= 0.3 is 0 Å². The van der Waals surface area contributed by atoms with Crippen molar-refractivity contribution < 1.29 is 4.92 Å². The van der Waals surface area contributed by atoms with Crippen molar-refractivity contribution in [3.8, 4) is 0 Å². The molecule has 0 N–H and O–H groups in total. The zero-order valence-corrected chi connectivity index (χ0v) is 10.8. The summed E-state index contributed by atoms with van der Waals surface area (Å²) in [6.45, 7) is 1.77. The van der Waals surface area contributed by atoms with Crippen molar-refractivity contribution >= 4 is 17.4 Å². The van der Waals surface area contributed by atoms with E-state index in [0.29, 0.717) is 5.56 Å². The van der Waals surface area contributed by atoms with Crippen LogP contribution in [0.3, 0.4) is 0 Å². The van der Waals surface area contributed by atoms with Crippen molar-refractivity contribution in [3.05, 3.63) is 69.8 Å². The van der Waals surface area contributed by atoms with Gasteiger partial charge in [-0.3, -0.25) is 10.1 Å². The molecule has 0 bridgehead atoms. The minimum Gasteiger partial charge on any atom is -0.258 e. The summed E-state index contributed by atoms with van der Waals surface area (Å²) in [5, 5.41) is 10.7. The molecule has 0 aliphatic carbocycles. The normalized spacial score (nSPS) is 10.3. The highest BCUT2D eigenvalue weighted by molar-refractivity contribution is 7.98. The fourth-order valence-electron chi connectivity index (χ4n) is 1.66. The minimum atomic E-state index is -0.346. The molecule has 0 saturated carbocycles. The van der Waals surface area contributed by atoms with Crippen molar-refractivity contribution in [1.29, 1.82) is 0 Å². The molecule has 2 aromatic rings. The lowest BCUT2D eigenvalue weighted by Crippen LogP contribution is -1.91. The van der Waals surface area contributed by atoms with Crippen LogP contribution in [0.15, 0.2) is 53.4 Å². The van der Waals surface area contributed by atoms with Gasteiger partial charge in [-0.25, -0.2) is 0 Å². The number of thioether (sulfide) groups is 1. The Morgan fingerprint density at radius 1 is 1.17 bits per heavy atom. The van der Waals surface area contributed by atoms with Crippen LogP contribution in [0.1, 0.15) is 11.1 Å². The third-order valence-electron chi connectivity index (χ3n) is 2.61. The maximum Gasteiger partial charge on any atom is 0.272 e. The number of nitro benzene ring substituents is 1. The molecule has 2 rings (SSSR count). The van der Waals surface area contributed by atoms with Gasteiger partial charge in [0.15, 0.2) is 0 Å². The van der Waals surface area contributed by atoms with E-state index in [1.165, 1.54) is 5.56 Å². The molecule has 0 aliphatic heterocycles. The van der Waals surface area contributed by atoms with Gasteiger partial charge < -0.3 is 0 Å². The topological polar surface area (TPSA) is 43.1 Å². The number of hydrogen-bond acceptors (Lipinski definition) is 3. The average Bonchev–Trinajstić information content (AvgIpc) is 2.37. The third-order valence-corrected chi connectivity index (χ3v) is 3.68. The molecule has 18 heavy (non-hydrogen) atoms. The summed E-state index contributed by atoms with van der Waals surface area (Å²) in [4.78, 5) is 11.4. The zero-order valence-electron chi connectivity index (χ0n) is 10.00. The molecular formula is C14H13NO2S. The monoisotopic (exact) mass is 259 g/mol. The molecular weight excluding hydrogens is 246 g/mol. The lowest BCUT2D eigenvalue weighted by atomic mass is 10.2. The van der Waals surface area contributed by atoms with E-state index in [1.54, 1.807) is 30.8 Å². The predicted octanol–water partition coefficient (Wildman–Crippen LogP) is 4.20. The van der Waals surface area contributed by atoms with Gasteiger partial charge in [-0.15, -0.1) is 11.8 Å². The number of benzene rings is 2. The Morgan fingerprint density at radius 3 is 2.50 bits per heavy atom. The number of nitro groups is 1. The van der Waals surface area contributed by atoms with Crippen LogP contribution < -0.4 is 0 Å². The molecule has 3 nitrogen and oxygen atoms in total. The van der Waals surface area contributed by atoms with Crippen LogP contribution >= 0.6 is 11.8 Å². The molecule has 0 radical (unpaired) electrons. The first-order chi connectivity index (χ1) is 8.66. The van der Waals surface area contributed by atoms with Gasteiger partial charge in [0, 0.05) is 22.3 Å². The molecule has 0 heterocycles. The van der Waals surface area contributed by atoms with Gasteiger partial charge in [-0.05, 0) is 24.6 Å². The van der Waals surface area contributed by atoms with Gasteiger partial charge in [-0.2, -0.15) is 0 Å². The number of nitrogens with zero attached hydrogens (tertiary/aromatic N) is 1. The van der Waals surface area contributed by atoms with Crippen LogP contribution in [0, 0.1) is 17.0 Å². The van der Waals surface area contributed by atoms with Crippen molar-refractivity contribution in [2.24, 2.45) is 0 Å². The van der Waals surface area contributed by atoms with E-state index in [0.717, 1.165) is 10.6 Å². The third kappa shape index (κ3) is 3.11. The number of aryl methyl sites for hydroxylation is 1. The Hall–Kier alpha value is -1.81. The molecule has 0 spiro atoms. The Morgan fingerprint density at radius 2 is 1.89 bits per heavy atom. The Balaban J connectivity index is 2.07. The summed E-state index contributed by atoms with van der Waals surface area (Å²) in [6.07, 6.45) is 0. The summed E-state index contributed by atoms with van der Waals surface area (Å²) in [5.41, 5.74) is 2.13. The Kier molecular flexibility index (Phi) is 3.99. The van der Waals surface area contributed by atoms with Crippen LogP contribution in [0.2, 0.25) is 0 Å². The van der Waals surface area contributed by atoms with Crippen LogP contribution in [-0.2, 0) is 5.75 Å². The first-order valence-electron chi connectivity index (χ1n) is 5.58. The van der Waals surface area contributed by atoms with Crippen LogP contribution in [0.5, 0.6) is 0 Å². The maximum atomic E-state index is 10.7. The highest BCUT2D eigenvalue weighted by Crippen LogP contribution is 2.27. The quantitative estimate of drug-likeness (QED) is 0.469. The molecule has 2 aromatic carbocycles. The highest BCUT2D eigenvalue weighted by Gasteiger charge is 2.10. The first kappa shape index (κ1) is 12.6. The highest BCUT2D eigenvalue weighted by atomic mass is 32.2. The molecule has 0 unspecified atom stereocenters.